The molecule has 1 fully saturated rings. The molecule has 13 heteroatoms. The number of carbonyl (C=O) groups is 1. The van der Waals surface area contributed by atoms with E-state index >= 15 is 0 Å². The van der Waals surface area contributed by atoms with Crippen LogP contribution in [0.25, 0.3) is 11.1 Å². The highest BCUT2D eigenvalue weighted by atomic mass is 19.4. The minimum Gasteiger partial charge on any atom is -0.513 e. The van der Waals surface area contributed by atoms with Crippen molar-refractivity contribution in [3.8, 4) is 17.2 Å². The number of likely N-dealkylation sites (N-methyl/N-ethyl adjacent to an activating group) is 1. The Balaban J connectivity index is 1.85. The van der Waals surface area contributed by atoms with E-state index in [1.807, 2.05) is 11.0 Å². The molecule has 0 unspecified atom stereocenters. The Morgan fingerprint density at radius 1 is 1.00 bits per heavy atom. The number of nitrogens with zero attached hydrogens (tertiary/aromatic N) is 4. The molecule has 0 bridgehead atoms. The van der Waals surface area contributed by atoms with Gasteiger partial charge in [0.15, 0.2) is 5.69 Å². The Bertz CT molecular complexity index is 1700. The molecule has 4 rings (SSSR count). The first-order valence-corrected chi connectivity index (χ1v) is 14.7. The second-order valence-electron chi connectivity index (χ2n) is 12.3. The first-order valence-electron chi connectivity index (χ1n) is 14.7. The van der Waals surface area contributed by atoms with E-state index in [1.165, 1.54) is 39.1 Å². The van der Waals surface area contributed by atoms with Crippen LogP contribution in [0.15, 0.2) is 54.8 Å². The summed E-state index contributed by atoms with van der Waals surface area (Å²) in [5.41, 5.74) is -4.71. The lowest BCUT2D eigenvalue weighted by atomic mass is 9.81. The average Bonchev–Trinajstić information content (AvgIpc) is 2.98. The van der Waals surface area contributed by atoms with Crippen molar-refractivity contribution in [2.45, 2.75) is 57.8 Å². The number of carbonyl (C=O) groups excluding carboxylic acids is 1. The summed E-state index contributed by atoms with van der Waals surface area (Å²) in [7, 11) is 1.26. The van der Waals surface area contributed by atoms with Crippen molar-refractivity contribution in [1.29, 1.82) is 5.26 Å². The topological polar surface area (TPSA) is 80.5 Å². The molecule has 1 aliphatic heterocycles. The zero-order valence-electron chi connectivity index (χ0n) is 26.2. The maximum atomic E-state index is 14.1. The van der Waals surface area contributed by atoms with Gasteiger partial charge in [-0.1, -0.05) is 12.6 Å². The van der Waals surface area contributed by atoms with Crippen LogP contribution in [0.5, 0.6) is 0 Å². The third-order valence-corrected chi connectivity index (χ3v) is 8.51. The van der Waals surface area contributed by atoms with Crippen LogP contribution in [0.2, 0.25) is 0 Å². The predicted octanol–water partition coefficient (Wildman–Crippen LogP) is 8.72. The lowest BCUT2D eigenvalue weighted by Gasteiger charge is -2.35. The smallest absolute Gasteiger partial charge is 0.416 e. The Labute approximate surface area is 267 Å². The maximum Gasteiger partial charge on any atom is 0.416 e. The lowest BCUT2D eigenvalue weighted by Crippen LogP contribution is -2.42. The Kier molecular flexibility index (Phi) is 9.67. The zero-order chi connectivity index (χ0) is 35.1. The molecule has 2 heterocycles. The number of aromatic nitrogens is 1. The number of hydrogen-bond donors (Lipinski definition) is 1. The largest absolute Gasteiger partial charge is 0.513 e. The Morgan fingerprint density at radius 3 is 2.04 bits per heavy atom. The molecule has 1 saturated heterocycles. The number of anilines is 2. The Hall–Kier alpha value is -4.60. The fourth-order valence-electron chi connectivity index (χ4n) is 5.90. The molecule has 250 valence electrons. The maximum absolute atomic E-state index is 14.1. The number of piperidine rings is 1. The number of halogens is 7. The molecule has 0 spiro atoms. The summed E-state index contributed by atoms with van der Waals surface area (Å²) in [6.07, 6.45) is -8.41. The van der Waals surface area contributed by atoms with E-state index in [0.29, 0.717) is 67.0 Å². The predicted molar refractivity (Wildman–Crippen MR) is 163 cm³/mol. The summed E-state index contributed by atoms with van der Waals surface area (Å²) >= 11 is 0. The van der Waals surface area contributed by atoms with Crippen molar-refractivity contribution in [3.63, 3.8) is 0 Å². The molecule has 0 saturated carbocycles. The van der Waals surface area contributed by atoms with Gasteiger partial charge in [-0.25, -0.2) is 9.37 Å². The molecule has 0 radical (unpaired) electrons. The summed E-state index contributed by atoms with van der Waals surface area (Å²) in [5, 5.41) is 19.9. The van der Waals surface area contributed by atoms with Crippen molar-refractivity contribution in [1.82, 2.24) is 4.98 Å². The molecule has 6 nitrogen and oxygen atoms in total. The molecule has 47 heavy (non-hydrogen) atoms. The van der Waals surface area contributed by atoms with Gasteiger partial charge in [-0.05, 0) is 92.6 Å². The minimum absolute atomic E-state index is 0.0114. The molecule has 1 amide bonds. The highest BCUT2D eigenvalue weighted by Crippen LogP contribution is 2.42. The van der Waals surface area contributed by atoms with Crippen LogP contribution in [-0.2, 0) is 22.6 Å². The Morgan fingerprint density at radius 2 is 1.55 bits per heavy atom. The van der Waals surface area contributed by atoms with E-state index in [1.54, 1.807) is 13.0 Å². The molecule has 1 aliphatic rings. The number of aliphatic hydroxyl groups excluding tert-OH is 1. The molecular weight excluding hydrogens is 629 g/mol. The van der Waals surface area contributed by atoms with E-state index in [2.05, 4.69) is 11.6 Å². The third-order valence-electron chi connectivity index (χ3n) is 8.51. The SMILES string of the molecule is C=C(O)CC1CCN(c2cc(-c3ccc(F)cc3C)c(N(C)C(=O)C(C)(C)c3cc(C(F)(F)F)cc(C(F)(F)F)c3)c(C#N)n2)CC1. The first-order chi connectivity index (χ1) is 21.7. The third kappa shape index (κ3) is 7.53. The highest BCUT2D eigenvalue weighted by molar-refractivity contribution is 6.04. The van der Waals surface area contributed by atoms with Crippen LogP contribution in [0, 0.1) is 30.0 Å². The van der Waals surface area contributed by atoms with Gasteiger partial charge in [-0.3, -0.25) is 4.79 Å². The van der Waals surface area contributed by atoms with Crippen LogP contribution < -0.4 is 9.80 Å². The number of allylic oxidation sites excluding steroid dienone is 1. The lowest BCUT2D eigenvalue weighted by molar-refractivity contribution is -0.143. The van der Waals surface area contributed by atoms with Gasteiger partial charge in [0.1, 0.15) is 17.7 Å². The van der Waals surface area contributed by atoms with Gasteiger partial charge in [0.05, 0.1) is 28.0 Å². The van der Waals surface area contributed by atoms with E-state index < -0.39 is 46.2 Å². The fourth-order valence-corrected chi connectivity index (χ4v) is 5.90. The van der Waals surface area contributed by atoms with Gasteiger partial charge in [-0.15, -0.1) is 0 Å². The monoisotopic (exact) mass is 662 g/mol. The van der Waals surface area contributed by atoms with Crippen LogP contribution in [0.4, 0.5) is 42.2 Å². The number of rotatable bonds is 7. The van der Waals surface area contributed by atoms with Gasteiger partial charge in [-0.2, -0.15) is 31.6 Å². The zero-order valence-corrected chi connectivity index (χ0v) is 26.2. The van der Waals surface area contributed by atoms with Crippen LogP contribution in [0.3, 0.4) is 0 Å². The van der Waals surface area contributed by atoms with Crippen molar-refractivity contribution in [2.75, 3.05) is 29.9 Å². The molecule has 3 aromatic rings. The summed E-state index contributed by atoms with van der Waals surface area (Å²) in [6, 6.07) is 8.53. The van der Waals surface area contributed by atoms with Crippen molar-refractivity contribution in [3.05, 3.63) is 88.6 Å². The van der Waals surface area contributed by atoms with Crippen molar-refractivity contribution < 1.29 is 40.6 Å². The average molecular weight is 663 g/mol. The van der Waals surface area contributed by atoms with Gasteiger partial charge >= 0.3 is 12.4 Å². The quantitative estimate of drug-likeness (QED) is 0.202. The number of nitriles is 1. The van der Waals surface area contributed by atoms with Gasteiger partial charge in [0.2, 0.25) is 5.91 Å². The van der Waals surface area contributed by atoms with Crippen molar-refractivity contribution >= 4 is 17.4 Å². The molecule has 0 aliphatic carbocycles. The number of pyridine rings is 1. The van der Waals surface area contributed by atoms with E-state index in [-0.39, 0.29) is 29.1 Å². The minimum atomic E-state index is -5.12. The van der Waals surface area contributed by atoms with Crippen LogP contribution >= 0.6 is 0 Å². The van der Waals surface area contributed by atoms with Gasteiger partial charge in [0, 0.05) is 32.1 Å². The van der Waals surface area contributed by atoms with Crippen LogP contribution in [-0.4, -0.2) is 36.1 Å². The van der Waals surface area contributed by atoms with E-state index in [9.17, 15) is 45.9 Å². The second kappa shape index (κ2) is 12.9. The van der Waals surface area contributed by atoms with E-state index in [4.69, 9.17) is 0 Å². The number of amides is 1. The highest BCUT2D eigenvalue weighted by Gasteiger charge is 2.42. The van der Waals surface area contributed by atoms with Gasteiger partial charge < -0.3 is 14.9 Å². The number of aryl methyl sites for hydroxylation is 1. The standard InChI is InChI=1S/C34H33F7N4O2/c1-19-12-25(35)6-7-26(19)27-17-29(45-10-8-21(9-11-45)13-20(2)46)43-28(18-42)30(27)44(5)31(47)32(3,4)22-14-23(33(36,37)38)16-24(15-22)34(39,40)41/h6-7,12,14-17,21,46H,2,8-11,13H2,1,3-5H3. The molecule has 1 N–H and O–H groups in total. The molecule has 2 aromatic carbocycles. The molecule has 0 atom stereocenters. The van der Waals surface area contributed by atoms with Crippen molar-refractivity contribution in [2.24, 2.45) is 5.92 Å². The molecular formula is C34H33F7N4O2. The molecule has 1 aromatic heterocycles. The summed E-state index contributed by atoms with van der Waals surface area (Å²) < 4.78 is 96.2. The number of aliphatic hydroxyl groups is 1. The second-order valence-corrected chi connectivity index (χ2v) is 12.3. The first kappa shape index (κ1) is 35.3. The van der Waals surface area contributed by atoms with Gasteiger partial charge in [0.25, 0.3) is 0 Å². The number of hydrogen-bond acceptors (Lipinski definition) is 5. The number of alkyl halides is 6. The fraction of sp³-hybridized carbons (Fsp3) is 0.382. The summed E-state index contributed by atoms with van der Waals surface area (Å²) in [5.74, 6) is -0.787. The normalized spacial score (nSPS) is 14.6. The summed E-state index contributed by atoms with van der Waals surface area (Å²) in [6.45, 7) is 8.61. The number of benzene rings is 2. The van der Waals surface area contributed by atoms with E-state index in [0.717, 1.165) is 4.90 Å². The van der Waals surface area contributed by atoms with Crippen LogP contribution in [0.1, 0.15) is 61.1 Å². The summed E-state index contributed by atoms with van der Waals surface area (Å²) in [4.78, 5) is 21.6.